The van der Waals surface area contributed by atoms with Gasteiger partial charge in [0.2, 0.25) is 5.69 Å². The van der Waals surface area contributed by atoms with Gasteiger partial charge in [0.1, 0.15) is 18.1 Å². The van der Waals surface area contributed by atoms with Gasteiger partial charge in [-0.3, -0.25) is 0 Å². The molecule has 4 aromatic carbocycles. The van der Waals surface area contributed by atoms with Crippen LogP contribution in [0.2, 0.25) is 0 Å². The minimum atomic E-state index is 0.0308. The molecule has 1 unspecified atom stereocenters. The Kier molecular flexibility index (Phi) is 8.92. The molecule has 7 aromatic rings. The van der Waals surface area contributed by atoms with Gasteiger partial charge in [-0.05, 0) is 92.0 Å². The minimum absolute atomic E-state index is 0.0308. The van der Waals surface area contributed by atoms with E-state index in [0.29, 0.717) is 6.04 Å². The Morgan fingerprint density at radius 2 is 1.55 bits per heavy atom. The number of aryl methyl sites for hydroxylation is 5. The number of thiophene rings is 1. The van der Waals surface area contributed by atoms with Gasteiger partial charge in [0.25, 0.3) is 5.82 Å². The predicted molar refractivity (Wildman–Crippen MR) is 215 cm³/mol. The average Bonchev–Trinajstić information content (AvgIpc) is 3.72. The largest absolute Gasteiger partial charge is 0.294 e. The fourth-order valence-corrected chi connectivity index (χ4v) is 10.7. The summed E-state index contributed by atoms with van der Waals surface area (Å²) < 4.78 is 10.2. The maximum absolute atomic E-state index is 2.66. The van der Waals surface area contributed by atoms with E-state index in [-0.39, 0.29) is 5.41 Å². The quantitative estimate of drug-likeness (QED) is 0.127. The summed E-state index contributed by atoms with van der Waals surface area (Å²) in [7, 11) is 2.18. The number of rotatable bonds is 10. The maximum Gasteiger partial charge on any atom is 0.294 e. The summed E-state index contributed by atoms with van der Waals surface area (Å²) in [6.07, 6.45) is 14.7. The number of unbranched alkanes of at least 4 members (excludes halogenated alkanes) is 1. The van der Waals surface area contributed by atoms with Crippen LogP contribution in [0.1, 0.15) is 86.7 Å². The number of pyridine rings is 1. The molecule has 0 N–H and O–H groups in total. The number of aromatic nitrogens is 3. The third-order valence-corrected chi connectivity index (χ3v) is 13.3. The van der Waals surface area contributed by atoms with E-state index in [1.807, 2.05) is 11.3 Å². The van der Waals surface area contributed by atoms with Crippen molar-refractivity contribution in [2.24, 2.45) is 7.05 Å². The standard InChI is InChI=1S/C47H51N3S/c1-7-10-18-34-22-24-37-38-25-26-39-43(45(38)51-41(37)31-34)40-21-13-14-28-49(40)42(47(39,8-2)9-3)27-23-35-19-11-12-20-36(35)46-48(6)29-30-50(46)44-32(4)16-15-17-33(44)5/h11-17,19-22,24-26,28-31,42H,7-10,18,23,27H2,1-6H3/q+2. The van der Waals surface area contributed by atoms with Gasteiger partial charge in [0, 0.05) is 38.7 Å². The molecule has 3 nitrogen and oxygen atoms in total. The predicted octanol–water partition coefficient (Wildman–Crippen LogP) is 11.5. The van der Waals surface area contributed by atoms with Gasteiger partial charge in [-0.1, -0.05) is 87.9 Å². The Balaban J connectivity index is 1.23. The molecule has 258 valence electrons. The van der Waals surface area contributed by atoms with Crippen molar-refractivity contribution >= 4 is 31.5 Å². The number of benzene rings is 4. The molecule has 1 aliphatic heterocycles. The average molecular weight is 690 g/mol. The molecule has 3 aromatic heterocycles. The normalized spacial score (nSPS) is 15.0. The molecule has 0 aliphatic carbocycles. The molecule has 8 rings (SSSR count). The molecular formula is C47H51N3S+2. The summed E-state index contributed by atoms with van der Waals surface area (Å²) >= 11 is 2.01. The van der Waals surface area contributed by atoms with Gasteiger partial charge < -0.3 is 0 Å². The van der Waals surface area contributed by atoms with E-state index in [0.717, 1.165) is 32.1 Å². The smallest absolute Gasteiger partial charge is 0.232 e. The molecule has 4 heterocycles. The van der Waals surface area contributed by atoms with Crippen LogP contribution in [-0.4, -0.2) is 4.57 Å². The zero-order valence-corrected chi connectivity index (χ0v) is 32.0. The van der Waals surface area contributed by atoms with Crippen molar-refractivity contribution < 1.29 is 9.13 Å². The molecule has 0 saturated carbocycles. The summed E-state index contributed by atoms with van der Waals surface area (Å²) in [6, 6.07) is 35.1. The van der Waals surface area contributed by atoms with Crippen molar-refractivity contribution in [3.05, 3.63) is 137 Å². The van der Waals surface area contributed by atoms with Gasteiger partial charge in [-0.15, -0.1) is 11.3 Å². The second-order valence-electron chi connectivity index (χ2n) is 14.8. The third kappa shape index (κ3) is 5.46. The topological polar surface area (TPSA) is 12.7 Å². The van der Waals surface area contributed by atoms with Crippen molar-refractivity contribution in [2.75, 3.05) is 0 Å². The second kappa shape index (κ2) is 13.5. The number of para-hydroxylation sites is 1. The molecule has 0 fully saturated rings. The van der Waals surface area contributed by atoms with Gasteiger partial charge in [-0.2, -0.15) is 9.13 Å². The van der Waals surface area contributed by atoms with E-state index in [1.54, 1.807) is 0 Å². The Morgan fingerprint density at radius 3 is 2.33 bits per heavy atom. The first-order valence-corrected chi connectivity index (χ1v) is 19.9. The van der Waals surface area contributed by atoms with Crippen LogP contribution in [0.5, 0.6) is 0 Å². The van der Waals surface area contributed by atoms with Crippen molar-refractivity contribution in [1.82, 2.24) is 4.57 Å². The zero-order valence-electron chi connectivity index (χ0n) is 31.2. The van der Waals surface area contributed by atoms with Crippen molar-refractivity contribution in [1.29, 1.82) is 0 Å². The van der Waals surface area contributed by atoms with Crippen LogP contribution in [0.15, 0.2) is 110 Å². The van der Waals surface area contributed by atoms with Crippen LogP contribution < -0.4 is 9.13 Å². The lowest BCUT2D eigenvalue weighted by atomic mass is 9.64. The summed E-state index contributed by atoms with van der Waals surface area (Å²) in [5.74, 6) is 1.23. The summed E-state index contributed by atoms with van der Waals surface area (Å²) in [5.41, 5.74) is 12.4. The van der Waals surface area contributed by atoms with E-state index < -0.39 is 0 Å². The van der Waals surface area contributed by atoms with E-state index in [2.05, 4.69) is 165 Å². The Hall–Kier alpha value is -4.54. The van der Waals surface area contributed by atoms with Gasteiger partial charge in [0.15, 0.2) is 12.2 Å². The molecule has 0 bridgehead atoms. The first kappa shape index (κ1) is 33.6. The van der Waals surface area contributed by atoms with Crippen LogP contribution in [0.3, 0.4) is 0 Å². The Bertz CT molecular complexity index is 2370. The van der Waals surface area contributed by atoms with Crippen LogP contribution in [0.4, 0.5) is 0 Å². The molecule has 0 saturated heterocycles. The van der Waals surface area contributed by atoms with Crippen LogP contribution in [0.25, 0.3) is 48.5 Å². The first-order valence-electron chi connectivity index (χ1n) is 19.1. The molecule has 51 heavy (non-hydrogen) atoms. The van der Waals surface area contributed by atoms with Crippen molar-refractivity contribution in [3.63, 3.8) is 0 Å². The fraction of sp³-hybridized carbons (Fsp3) is 0.319. The molecular weight excluding hydrogens is 639 g/mol. The number of nitrogens with zero attached hydrogens (tertiary/aromatic N) is 3. The zero-order chi connectivity index (χ0) is 35.3. The fourth-order valence-electron chi connectivity index (χ4n) is 9.41. The monoisotopic (exact) mass is 689 g/mol. The van der Waals surface area contributed by atoms with E-state index in [1.165, 1.54) is 89.2 Å². The lowest BCUT2D eigenvalue weighted by Crippen LogP contribution is -2.55. The minimum Gasteiger partial charge on any atom is -0.232 e. The molecule has 1 atom stereocenters. The number of fused-ring (bicyclic) bond motifs is 7. The van der Waals surface area contributed by atoms with E-state index >= 15 is 0 Å². The van der Waals surface area contributed by atoms with Gasteiger partial charge >= 0.3 is 0 Å². The molecule has 0 amide bonds. The summed E-state index contributed by atoms with van der Waals surface area (Å²) in [6.45, 7) is 11.6. The Labute approximate surface area is 307 Å². The molecule has 0 radical (unpaired) electrons. The lowest BCUT2D eigenvalue weighted by Gasteiger charge is -2.41. The van der Waals surface area contributed by atoms with Crippen molar-refractivity contribution in [2.45, 2.75) is 91.0 Å². The van der Waals surface area contributed by atoms with Gasteiger partial charge in [-0.25, -0.2) is 4.57 Å². The SMILES string of the molecule is CCCCc1ccc2c(c1)sc1c3c(ccc12)C(CC)(CC)C(CCc1ccccc1-c1n(-c2c(C)cccc2C)cc[n+]1C)[n+]1ccccc1-3. The third-order valence-electron chi connectivity index (χ3n) is 12.1. The highest BCUT2D eigenvalue weighted by atomic mass is 32.1. The van der Waals surface area contributed by atoms with E-state index in [4.69, 9.17) is 0 Å². The highest BCUT2D eigenvalue weighted by Gasteiger charge is 2.50. The molecule has 0 spiro atoms. The van der Waals surface area contributed by atoms with Crippen LogP contribution >= 0.6 is 11.3 Å². The van der Waals surface area contributed by atoms with E-state index in [9.17, 15) is 0 Å². The summed E-state index contributed by atoms with van der Waals surface area (Å²) in [5, 5.41) is 2.80. The molecule has 4 heteroatoms. The van der Waals surface area contributed by atoms with Crippen LogP contribution in [0, 0.1) is 13.8 Å². The van der Waals surface area contributed by atoms with Crippen LogP contribution in [-0.2, 0) is 25.3 Å². The molecule has 1 aliphatic rings. The number of imidazole rings is 1. The summed E-state index contributed by atoms with van der Waals surface area (Å²) in [4.78, 5) is 0. The number of hydrogen-bond acceptors (Lipinski definition) is 1. The van der Waals surface area contributed by atoms with Gasteiger partial charge in [0.05, 0.1) is 23.6 Å². The highest BCUT2D eigenvalue weighted by molar-refractivity contribution is 7.26. The maximum atomic E-state index is 2.66. The Morgan fingerprint density at radius 1 is 0.784 bits per heavy atom. The second-order valence-corrected chi connectivity index (χ2v) is 15.9. The lowest BCUT2D eigenvalue weighted by molar-refractivity contribution is -0.725. The first-order chi connectivity index (χ1) is 24.9. The van der Waals surface area contributed by atoms with Crippen molar-refractivity contribution in [3.8, 4) is 28.3 Å². The highest BCUT2D eigenvalue weighted by Crippen LogP contribution is 2.53. The number of hydrogen-bond donors (Lipinski definition) is 0.